The first-order chi connectivity index (χ1) is 11.1. The number of fused-ring (bicyclic) bond motifs is 1. The highest BCUT2D eigenvalue weighted by Crippen LogP contribution is 2.38. The maximum atomic E-state index is 13.2. The molecule has 0 bridgehead atoms. The van der Waals surface area contributed by atoms with Crippen molar-refractivity contribution in [3.63, 3.8) is 0 Å². The first kappa shape index (κ1) is 15.5. The molecule has 1 aliphatic carbocycles. The van der Waals surface area contributed by atoms with Gasteiger partial charge in [-0.05, 0) is 25.0 Å². The van der Waals surface area contributed by atoms with Crippen LogP contribution >= 0.6 is 11.6 Å². The maximum absolute atomic E-state index is 13.2. The molecule has 1 aliphatic rings. The topological polar surface area (TPSA) is 60.2 Å². The van der Waals surface area contributed by atoms with E-state index in [9.17, 15) is 8.42 Å². The Kier molecular flexibility index (Phi) is 3.88. The van der Waals surface area contributed by atoms with Gasteiger partial charge in [0.15, 0.2) is 15.4 Å². The Morgan fingerprint density at radius 3 is 2.52 bits per heavy atom. The summed E-state index contributed by atoms with van der Waals surface area (Å²) in [5.74, 6) is 0.457. The third-order valence-electron chi connectivity index (χ3n) is 4.17. The Morgan fingerprint density at radius 2 is 1.91 bits per heavy atom. The van der Waals surface area contributed by atoms with Crippen LogP contribution in [0.25, 0.3) is 11.1 Å². The third-order valence-corrected chi connectivity index (χ3v) is 6.70. The van der Waals surface area contributed by atoms with Gasteiger partial charge in [0.25, 0.3) is 0 Å². The second-order valence-electron chi connectivity index (χ2n) is 7.10. The van der Waals surface area contributed by atoms with Crippen LogP contribution < -0.4 is 0 Å². The van der Waals surface area contributed by atoms with E-state index in [0.29, 0.717) is 24.2 Å². The van der Waals surface area contributed by atoms with E-state index in [1.54, 1.807) is 6.07 Å². The summed E-state index contributed by atoms with van der Waals surface area (Å²) in [6.45, 7) is 5.84. The van der Waals surface area contributed by atoms with Gasteiger partial charge in [-0.2, -0.15) is 0 Å². The smallest absolute Gasteiger partial charge is 0.200 e. The molecule has 0 unspecified atom stereocenters. The molecule has 6 heteroatoms. The van der Waals surface area contributed by atoms with Gasteiger partial charge in [-0.15, -0.1) is 0 Å². The SMILES string of the molecule is [2H]C1(S(=O)(=O)c2c(Cl)ccc3nc(C(C)(C)C)oc23)CCCCC1. The zero-order chi connectivity index (χ0) is 17.8. The van der Waals surface area contributed by atoms with Crippen molar-refractivity contribution in [1.29, 1.82) is 0 Å². The van der Waals surface area contributed by atoms with E-state index in [-0.39, 0.29) is 20.9 Å². The summed E-state index contributed by atoms with van der Waals surface area (Å²) >= 11 is 6.24. The van der Waals surface area contributed by atoms with Crippen molar-refractivity contribution in [2.45, 2.75) is 68.4 Å². The van der Waals surface area contributed by atoms with Crippen LogP contribution in [0, 0.1) is 0 Å². The molecule has 4 nitrogen and oxygen atoms in total. The second kappa shape index (κ2) is 5.78. The highest BCUT2D eigenvalue weighted by molar-refractivity contribution is 7.92. The van der Waals surface area contributed by atoms with Crippen molar-refractivity contribution in [1.82, 2.24) is 4.98 Å². The zero-order valence-electron chi connectivity index (χ0n) is 14.6. The minimum atomic E-state index is -3.95. The normalized spacial score (nSPS) is 19.7. The predicted molar refractivity (Wildman–Crippen MR) is 91.8 cm³/mol. The summed E-state index contributed by atoms with van der Waals surface area (Å²) in [6.07, 6.45) is 3.08. The number of benzene rings is 1. The van der Waals surface area contributed by atoms with Crippen LogP contribution in [0.4, 0.5) is 0 Å². The van der Waals surface area contributed by atoms with Gasteiger partial charge in [0.2, 0.25) is 5.89 Å². The van der Waals surface area contributed by atoms with E-state index in [1.807, 2.05) is 20.8 Å². The molecule has 0 atom stereocenters. The first-order valence-electron chi connectivity index (χ1n) is 8.40. The van der Waals surface area contributed by atoms with Crippen LogP contribution in [0.2, 0.25) is 5.02 Å². The van der Waals surface area contributed by atoms with Crippen LogP contribution in [0.15, 0.2) is 21.4 Å². The molecule has 3 rings (SSSR count). The first-order valence-corrected chi connectivity index (χ1v) is 9.76. The lowest BCUT2D eigenvalue weighted by atomic mass is 9.97. The standard InChI is InChI=1S/C17H22ClNO3S/c1-17(2,3)16-19-13-10-9-12(18)15(14(13)22-16)23(20,21)11-7-5-4-6-8-11/h9-11H,4-8H2,1-3H3/i11D. The number of hydrogen-bond acceptors (Lipinski definition) is 4. The summed E-state index contributed by atoms with van der Waals surface area (Å²) < 4.78 is 40.8. The number of oxazole rings is 1. The molecule has 23 heavy (non-hydrogen) atoms. The lowest BCUT2D eigenvalue weighted by Crippen LogP contribution is -2.24. The minimum Gasteiger partial charge on any atom is -0.439 e. The van der Waals surface area contributed by atoms with E-state index < -0.39 is 15.1 Å². The molecule has 1 heterocycles. The van der Waals surface area contributed by atoms with Gasteiger partial charge >= 0.3 is 0 Å². The average molecular weight is 357 g/mol. The zero-order valence-corrected chi connectivity index (χ0v) is 15.2. The van der Waals surface area contributed by atoms with Crippen molar-refractivity contribution in [2.75, 3.05) is 0 Å². The molecule has 0 saturated heterocycles. The highest BCUT2D eigenvalue weighted by Gasteiger charge is 2.34. The second-order valence-corrected chi connectivity index (χ2v) is 9.50. The lowest BCUT2D eigenvalue weighted by molar-refractivity contribution is 0.408. The Hall–Kier alpha value is -1.07. The van der Waals surface area contributed by atoms with E-state index in [2.05, 4.69) is 4.98 Å². The molecule has 1 aromatic carbocycles. The molecule has 0 aliphatic heterocycles. The largest absolute Gasteiger partial charge is 0.439 e. The molecule has 126 valence electrons. The van der Waals surface area contributed by atoms with E-state index in [0.717, 1.165) is 19.3 Å². The summed E-state index contributed by atoms with van der Waals surface area (Å²) in [4.78, 5) is 4.33. The molecule has 0 N–H and O–H groups in total. The van der Waals surface area contributed by atoms with Crippen LogP contribution in [-0.4, -0.2) is 18.6 Å². The van der Waals surface area contributed by atoms with Gasteiger partial charge in [0.05, 0.1) is 10.2 Å². The van der Waals surface area contributed by atoms with Crippen molar-refractivity contribution in [3.8, 4) is 0 Å². The number of hydrogen-bond donors (Lipinski definition) is 0. The number of nitrogens with zero attached hydrogens (tertiary/aromatic N) is 1. The molecule has 0 spiro atoms. The Balaban J connectivity index is 2.25. The number of rotatable bonds is 2. The van der Waals surface area contributed by atoms with Crippen LogP contribution in [0.5, 0.6) is 0 Å². The number of sulfone groups is 1. The molecular weight excluding hydrogens is 334 g/mol. The Labute approximate surface area is 143 Å². The monoisotopic (exact) mass is 356 g/mol. The Bertz CT molecular complexity index is 877. The van der Waals surface area contributed by atoms with Gasteiger partial charge in [-0.3, -0.25) is 0 Å². The molecule has 0 amide bonds. The maximum Gasteiger partial charge on any atom is 0.200 e. The number of aromatic nitrogens is 1. The van der Waals surface area contributed by atoms with Gasteiger partial charge in [-0.1, -0.05) is 51.6 Å². The summed E-state index contributed by atoms with van der Waals surface area (Å²) in [7, 11) is -3.95. The van der Waals surface area contributed by atoms with Crippen molar-refractivity contribution >= 4 is 32.5 Å². The molecule has 1 aromatic heterocycles. The quantitative estimate of drug-likeness (QED) is 0.768. The van der Waals surface area contributed by atoms with Crippen LogP contribution in [0.3, 0.4) is 0 Å². The number of halogens is 1. The molecule has 2 aromatic rings. The van der Waals surface area contributed by atoms with Crippen molar-refractivity contribution < 1.29 is 14.2 Å². The predicted octanol–water partition coefficient (Wildman–Crippen LogP) is 4.89. The fourth-order valence-electron chi connectivity index (χ4n) is 2.87. The van der Waals surface area contributed by atoms with Gasteiger partial charge in [0, 0.05) is 6.79 Å². The molecule has 1 saturated carbocycles. The van der Waals surface area contributed by atoms with Crippen molar-refractivity contribution in [2.24, 2.45) is 0 Å². The summed E-state index contributed by atoms with van der Waals surface area (Å²) in [5.41, 5.74) is 0.280. The fourth-order valence-corrected chi connectivity index (χ4v) is 5.16. The molecule has 1 fully saturated rings. The Morgan fingerprint density at radius 1 is 1.26 bits per heavy atom. The molecular formula is C17H22ClNO3S. The highest BCUT2D eigenvalue weighted by atomic mass is 35.5. The van der Waals surface area contributed by atoms with Gasteiger partial charge in [0.1, 0.15) is 10.4 Å². The third kappa shape index (κ3) is 3.01. The average Bonchev–Trinajstić information content (AvgIpc) is 2.91. The van der Waals surface area contributed by atoms with Crippen LogP contribution in [0.1, 0.15) is 60.1 Å². The minimum absolute atomic E-state index is 0.0819. The van der Waals surface area contributed by atoms with E-state index in [4.69, 9.17) is 17.4 Å². The fraction of sp³-hybridized carbons (Fsp3) is 0.588. The molecule has 0 radical (unpaired) electrons. The van der Waals surface area contributed by atoms with Gasteiger partial charge < -0.3 is 4.42 Å². The van der Waals surface area contributed by atoms with Crippen molar-refractivity contribution in [3.05, 3.63) is 23.0 Å². The van der Waals surface area contributed by atoms with E-state index in [1.165, 1.54) is 6.07 Å². The van der Waals surface area contributed by atoms with Gasteiger partial charge in [-0.25, -0.2) is 13.4 Å². The lowest BCUT2D eigenvalue weighted by Gasteiger charge is -2.22. The van der Waals surface area contributed by atoms with Crippen LogP contribution in [-0.2, 0) is 15.3 Å². The van der Waals surface area contributed by atoms with E-state index >= 15 is 0 Å². The summed E-state index contributed by atoms with van der Waals surface area (Å²) in [6, 6.07) is 3.19. The summed E-state index contributed by atoms with van der Waals surface area (Å²) in [5, 5.41) is -1.45.